The smallest absolute Gasteiger partial charge is 0.433 e. The molecule has 1 fully saturated rings. The number of halogens is 3. The highest BCUT2D eigenvalue weighted by molar-refractivity contribution is 7.88. The van der Waals surface area contributed by atoms with Crippen molar-refractivity contribution in [2.45, 2.75) is 18.6 Å². The zero-order valence-corrected chi connectivity index (χ0v) is 19.9. The Morgan fingerprint density at radius 1 is 1.17 bits per heavy atom. The van der Waals surface area contributed by atoms with Gasteiger partial charge < -0.3 is 19.5 Å². The molecule has 0 saturated carbocycles. The Bertz CT molecular complexity index is 1340. The maximum atomic E-state index is 13.2. The molecule has 36 heavy (non-hydrogen) atoms. The fraction of sp³-hybridized carbons (Fsp3) is 0.318. The number of alkyl halides is 3. The van der Waals surface area contributed by atoms with Gasteiger partial charge in [0, 0.05) is 12.2 Å². The van der Waals surface area contributed by atoms with Crippen LogP contribution >= 0.6 is 0 Å². The van der Waals surface area contributed by atoms with Gasteiger partial charge in [-0.05, 0) is 42.8 Å². The van der Waals surface area contributed by atoms with Crippen LogP contribution in [0.15, 0.2) is 52.6 Å². The molecule has 10 nitrogen and oxygen atoms in total. The van der Waals surface area contributed by atoms with Crippen LogP contribution < -0.4 is 14.8 Å². The third kappa shape index (κ3) is 5.14. The third-order valence-corrected chi connectivity index (χ3v) is 6.82. The van der Waals surface area contributed by atoms with Crippen LogP contribution in [0.5, 0.6) is 11.5 Å². The van der Waals surface area contributed by atoms with Gasteiger partial charge in [-0.15, -0.1) is 4.40 Å². The highest BCUT2D eigenvalue weighted by atomic mass is 32.2. The molecule has 1 N–H and O–H groups in total. The van der Waals surface area contributed by atoms with Crippen molar-refractivity contribution in [3.8, 4) is 11.5 Å². The molecule has 14 heteroatoms. The van der Waals surface area contributed by atoms with E-state index in [1.54, 1.807) is 6.07 Å². The zero-order chi connectivity index (χ0) is 26.1. The SMILES string of the molecule is COc1ccc(C2=NS(=O)(=O)N([C@H]3CCOC3)C(C(=O)Nc3cccc(C(F)(F)F)n3)=C2)cc1OC. The van der Waals surface area contributed by atoms with Gasteiger partial charge in [0.25, 0.3) is 5.91 Å². The van der Waals surface area contributed by atoms with Gasteiger partial charge in [0.05, 0.1) is 32.6 Å². The fourth-order valence-electron chi connectivity index (χ4n) is 3.74. The number of nitrogens with zero attached hydrogens (tertiary/aromatic N) is 3. The van der Waals surface area contributed by atoms with Gasteiger partial charge in [-0.2, -0.15) is 21.6 Å². The summed E-state index contributed by atoms with van der Waals surface area (Å²) in [6.45, 7) is 0.292. The normalized spacial score (nSPS) is 19.4. The molecule has 1 atom stereocenters. The predicted molar refractivity (Wildman–Crippen MR) is 122 cm³/mol. The first-order valence-corrected chi connectivity index (χ1v) is 11.9. The molecule has 0 spiro atoms. The number of methoxy groups -OCH3 is 2. The minimum absolute atomic E-state index is 0.0207. The van der Waals surface area contributed by atoms with E-state index in [2.05, 4.69) is 14.7 Å². The van der Waals surface area contributed by atoms with E-state index in [1.807, 2.05) is 0 Å². The number of anilines is 1. The molecule has 192 valence electrons. The van der Waals surface area contributed by atoms with E-state index in [0.717, 1.165) is 22.5 Å². The fourth-order valence-corrected chi connectivity index (χ4v) is 5.17. The Hall–Kier alpha value is -3.65. The van der Waals surface area contributed by atoms with E-state index in [9.17, 15) is 26.4 Å². The molecule has 1 aromatic heterocycles. The first-order valence-electron chi connectivity index (χ1n) is 10.6. The first-order chi connectivity index (χ1) is 17.0. The van der Waals surface area contributed by atoms with Gasteiger partial charge in [-0.1, -0.05) is 6.07 Å². The van der Waals surface area contributed by atoms with Gasteiger partial charge in [0.1, 0.15) is 17.2 Å². The average Bonchev–Trinajstić information content (AvgIpc) is 3.36. The number of hydrogen-bond donors (Lipinski definition) is 1. The largest absolute Gasteiger partial charge is 0.493 e. The minimum atomic E-state index is -4.73. The molecule has 3 heterocycles. The average molecular weight is 526 g/mol. The van der Waals surface area contributed by atoms with Crippen LogP contribution in [0.25, 0.3) is 0 Å². The lowest BCUT2D eigenvalue weighted by Crippen LogP contribution is -2.45. The van der Waals surface area contributed by atoms with Crippen LogP contribution in [-0.4, -0.2) is 62.8 Å². The maximum absolute atomic E-state index is 13.2. The third-order valence-electron chi connectivity index (χ3n) is 5.40. The summed E-state index contributed by atoms with van der Waals surface area (Å²) in [6.07, 6.45) is -3.19. The summed E-state index contributed by atoms with van der Waals surface area (Å²) in [5, 5.41) is 2.26. The van der Waals surface area contributed by atoms with E-state index < -0.39 is 39.8 Å². The molecule has 4 rings (SSSR count). The Balaban J connectivity index is 1.76. The maximum Gasteiger partial charge on any atom is 0.433 e. The number of carbonyl (C=O) groups excluding carboxylic acids is 1. The highest BCUT2D eigenvalue weighted by Crippen LogP contribution is 2.32. The molecule has 0 radical (unpaired) electrons. The summed E-state index contributed by atoms with van der Waals surface area (Å²) in [7, 11) is -1.58. The number of nitrogens with one attached hydrogen (secondary N) is 1. The van der Waals surface area contributed by atoms with Crippen LogP contribution in [0.1, 0.15) is 17.7 Å². The van der Waals surface area contributed by atoms with Crippen molar-refractivity contribution in [3.63, 3.8) is 0 Å². The molecular formula is C22H21F3N4O6S. The van der Waals surface area contributed by atoms with Crippen LogP contribution in [-0.2, 0) is 25.9 Å². The molecule has 1 saturated heterocycles. The summed E-state index contributed by atoms with van der Waals surface area (Å²) in [5.41, 5.74) is -1.32. The van der Waals surface area contributed by atoms with Gasteiger partial charge in [-0.3, -0.25) is 4.79 Å². The van der Waals surface area contributed by atoms with E-state index in [-0.39, 0.29) is 24.6 Å². The molecule has 0 bridgehead atoms. The van der Waals surface area contributed by atoms with Crippen LogP contribution in [0.3, 0.4) is 0 Å². The van der Waals surface area contributed by atoms with Crippen LogP contribution in [0, 0.1) is 0 Å². The molecule has 1 aromatic carbocycles. The molecular weight excluding hydrogens is 505 g/mol. The van der Waals surface area contributed by atoms with Crippen molar-refractivity contribution in [2.24, 2.45) is 4.40 Å². The lowest BCUT2D eigenvalue weighted by atomic mass is 10.1. The lowest BCUT2D eigenvalue weighted by molar-refractivity contribution is -0.141. The standard InChI is InChI=1S/C22H21F3N4O6S/c1-33-17-7-6-13(10-18(17)34-2)15-11-16(29(36(31,32)28-15)14-8-9-35-12-14)21(30)27-20-5-3-4-19(26-20)22(23,24)25/h3-7,10-11,14H,8-9,12H2,1-2H3,(H,26,27,30)/t14-/m0/s1. The second-order valence-electron chi connectivity index (χ2n) is 7.73. The summed E-state index contributed by atoms with van der Waals surface area (Å²) < 4.78 is 86.1. The van der Waals surface area contributed by atoms with Crippen molar-refractivity contribution in [1.82, 2.24) is 9.29 Å². The van der Waals surface area contributed by atoms with Crippen molar-refractivity contribution in [2.75, 3.05) is 32.8 Å². The first kappa shape index (κ1) is 25.4. The Labute approximate surface area is 204 Å². The second kappa shape index (κ2) is 9.78. The van der Waals surface area contributed by atoms with E-state index >= 15 is 0 Å². The van der Waals surface area contributed by atoms with E-state index in [0.29, 0.717) is 23.5 Å². The number of aromatic nitrogens is 1. The topological polar surface area (TPSA) is 119 Å². The summed E-state index contributed by atoms with van der Waals surface area (Å²) in [4.78, 5) is 16.7. The van der Waals surface area contributed by atoms with Crippen LogP contribution in [0.4, 0.5) is 19.0 Å². The quantitative estimate of drug-likeness (QED) is 0.615. The number of carbonyl (C=O) groups is 1. The van der Waals surface area contributed by atoms with Crippen molar-refractivity contribution < 1.29 is 40.6 Å². The number of allylic oxidation sites excluding steroid dienone is 1. The molecule has 1 amide bonds. The van der Waals surface area contributed by atoms with E-state index in [4.69, 9.17) is 14.2 Å². The zero-order valence-electron chi connectivity index (χ0n) is 19.1. The van der Waals surface area contributed by atoms with Crippen molar-refractivity contribution in [1.29, 1.82) is 0 Å². The predicted octanol–water partition coefficient (Wildman–Crippen LogP) is 2.78. The monoisotopic (exact) mass is 526 g/mol. The van der Waals surface area contributed by atoms with Crippen molar-refractivity contribution >= 4 is 27.6 Å². The number of pyridine rings is 1. The summed E-state index contributed by atoms with van der Waals surface area (Å²) >= 11 is 0. The Morgan fingerprint density at radius 3 is 2.56 bits per heavy atom. The highest BCUT2D eigenvalue weighted by Gasteiger charge is 2.40. The molecule has 0 unspecified atom stereocenters. The molecule has 2 aliphatic rings. The number of ether oxygens (including phenoxy) is 3. The minimum Gasteiger partial charge on any atom is -0.493 e. The Morgan fingerprint density at radius 2 is 1.92 bits per heavy atom. The molecule has 2 aliphatic heterocycles. The summed E-state index contributed by atoms with van der Waals surface area (Å²) in [6, 6.07) is 6.84. The van der Waals surface area contributed by atoms with Crippen molar-refractivity contribution in [3.05, 3.63) is 59.4 Å². The number of benzene rings is 1. The van der Waals surface area contributed by atoms with Gasteiger partial charge >= 0.3 is 16.4 Å². The number of rotatable bonds is 6. The molecule has 0 aliphatic carbocycles. The van der Waals surface area contributed by atoms with Gasteiger partial charge in [0.15, 0.2) is 11.5 Å². The molecule has 2 aromatic rings. The number of amides is 1. The van der Waals surface area contributed by atoms with E-state index in [1.165, 1.54) is 32.4 Å². The summed E-state index contributed by atoms with van der Waals surface area (Å²) in [5.74, 6) is -0.687. The van der Waals surface area contributed by atoms with Crippen LogP contribution in [0.2, 0.25) is 0 Å². The van der Waals surface area contributed by atoms with Gasteiger partial charge in [-0.25, -0.2) is 9.29 Å². The lowest BCUT2D eigenvalue weighted by Gasteiger charge is -2.31. The van der Waals surface area contributed by atoms with Gasteiger partial charge in [0.2, 0.25) is 0 Å². The number of hydrogen-bond acceptors (Lipinski definition) is 7. The Kier molecular flexibility index (Phi) is 6.91. The second-order valence-corrected chi connectivity index (χ2v) is 9.20.